The summed E-state index contributed by atoms with van der Waals surface area (Å²) in [5, 5.41) is 25.8. The summed E-state index contributed by atoms with van der Waals surface area (Å²) in [6.45, 7) is 8.83. The summed E-state index contributed by atoms with van der Waals surface area (Å²) in [5.74, 6) is 0. The number of nitrogens with zero attached hydrogens (tertiary/aromatic N) is 2. The smallest absolute Gasteiger partial charge is 0.0644 e. The van der Waals surface area contributed by atoms with Crippen LogP contribution >= 0.6 is 0 Å². The summed E-state index contributed by atoms with van der Waals surface area (Å²) >= 11 is 0. The molecule has 0 saturated carbocycles. The number of aliphatic hydroxyl groups excluding tert-OH is 2. The maximum atomic E-state index is 9.07. The van der Waals surface area contributed by atoms with Crippen molar-refractivity contribution in [2.24, 2.45) is 0 Å². The molecule has 0 bridgehead atoms. The van der Waals surface area contributed by atoms with Gasteiger partial charge in [-0.1, -0.05) is 0 Å². The minimum atomic E-state index is -0.284. The van der Waals surface area contributed by atoms with E-state index in [1.165, 1.54) is 0 Å². The van der Waals surface area contributed by atoms with Crippen molar-refractivity contribution in [1.29, 1.82) is 0 Å². The van der Waals surface area contributed by atoms with Crippen molar-refractivity contribution in [1.82, 2.24) is 15.1 Å². The van der Waals surface area contributed by atoms with Crippen molar-refractivity contribution in [2.45, 2.75) is 46.3 Å². The van der Waals surface area contributed by atoms with Gasteiger partial charge in [-0.15, -0.1) is 0 Å². The van der Waals surface area contributed by atoms with Gasteiger partial charge in [0.2, 0.25) is 0 Å². The van der Waals surface area contributed by atoms with Crippen LogP contribution in [0.3, 0.4) is 0 Å². The molecule has 0 amide bonds. The highest BCUT2D eigenvalue weighted by molar-refractivity contribution is 5.27. The first-order chi connectivity index (χ1) is 8.04. The molecule has 0 aliphatic heterocycles. The lowest BCUT2D eigenvalue weighted by atomic mass is 10.1. The van der Waals surface area contributed by atoms with E-state index in [1.807, 2.05) is 25.5 Å². The molecule has 17 heavy (non-hydrogen) atoms. The molecule has 98 valence electrons. The second kappa shape index (κ2) is 6.14. The molecule has 1 atom stereocenters. The monoisotopic (exact) mass is 241 g/mol. The number of aromatic nitrogens is 2. The molecule has 1 heterocycles. The predicted molar refractivity (Wildman–Crippen MR) is 66.9 cm³/mol. The van der Waals surface area contributed by atoms with E-state index in [1.54, 1.807) is 0 Å². The number of hydrogen-bond acceptors (Lipinski definition) is 4. The molecule has 0 aliphatic rings. The van der Waals surface area contributed by atoms with Crippen molar-refractivity contribution in [3.63, 3.8) is 0 Å². The van der Waals surface area contributed by atoms with Crippen LogP contribution in [0.25, 0.3) is 0 Å². The lowest BCUT2D eigenvalue weighted by molar-refractivity contribution is 0.163. The minimum Gasteiger partial charge on any atom is -0.395 e. The van der Waals surface area contributed by atoms with E-state index in [0.29, 0.717) is 0 Å². The fourth-order valence-electron chi connectivity index (χ4n) is 2.25. The zero-order chi connectivity index (χ0) is 13.0. The van der Waals surface area contributed by atoms with Gasteiger partial charge in [-0.2, -0.15) is 5.10 Å². The molecule has 3 N–H and O–H groups in total. The van der Waals surface area contributed by atoms with Gasteiger partial charge < -0.3 is 15.5 Å². The van der Waals surface area contributed by atoms with Gasteiger partial charge in [0.15, 0.2) is 0 Å². The van der Waals surface area contributed by atoms with Gasteiger partial charge in [-0.3, -0.25) is 4.68 Å². The minimum absolute atomic E-state index is 0.0686. The van der Waals surface area contributed by atoms with E-state index in [0.717, 1.165) is 23.5 Å². The zero-order valence-electron chi connectivity index (χ0n) is 11.1. The van der Waals surface area contributed by atoms with Gasteiger partial charge in [0, 0.05) is 23.8 Å². The molecule has 5 nitrogen and oxygen atoms in total. The lowest BCUT2D eigenvalue weighted by Crippen LogP contribution is -2.37. The van der Waals surface area contributed by atoms with E-state index in [4.69, 9.17) is 10.2 Å². The van der Waals surface area contributed by atoms with Crippen LogP contribution < -0.4 is 5.32 Å². The van der Waals surface area contributed by atoms with Gasteiger partial charge >= 0.3 is 0 Å². The summed E-state index contributed by atoms with van der Waals surface area (Å²) in [5.41, 5.74) is 3.29. The van der Waals surface area contributed by atoms with E-state index >= 15 is 0 Å². The Morgan fingerprint density at radius 1 is 1.29 bits per heavy atom. The number of aliphatic hydroxyl groups is 2. The van der Waals surface area contributed by atoms with Gasteiger partial charge in [0.25, 0.3) is 0 Å². The highest BCUT2D eigenvalue weighted by atomic mass is 16.3. The van der Waals surface area contributed by atoms with Crippen LogP contribution in [0.4, 0.5) is 0 Å². The number of hydrogen-bond donors (Lipinski definition) is 3. The first-order valence-corrected chi connectivity index (χ1v) is 6.06. The second-order valence-corrected chi connectivity index (χ2v) is 4.35. The van der Waals surface area contributed by atoms with E-state index in [2.05, 4.69) is 17.3 Å². The van der Waals surface area contributed by atoms with E-state index in [-0.39, 0.29) is 25.3 Å². The van der Waals surface area contributed by atoms with Crippen LogP contribution in [0.15, 0.2) is 0 Å². The van der Waals surface area contributed by atoms with Crippen molar-refractivity contribution in [3.05, 3.63) is 17.0 Å². The molecule has 0 aliphatic carbocycles. The highest BCUT2D eigenvalue weighted by Gasteiger charge is 2.19. The fourth-order valence-corrected chi connectivity index (χ4v) is 2.25. The standard InChI is InChI=1S/C12H23N3O2/c1-5-15-10(4)12(9(3)14-15)8(2)13-11(6-16)7-17/h8,11,13,16-17H,5-7H2,1-4H3. The van der Waals surface area contributed by atoms with Gasteiger partial charge in [-0.05, 0) is 27.7 Å². The Morgan fingerprint density at radius 2 is 1.88 bits per heavy atom. The van der Waals surface area contributed by atoms with Crippen LogP contribution in [0.2, 0.25) is 0 Å². The second-order valence-electron chi connectivity index (χ2n) is 4.35. The summed E-state index contributed by atoms with van der Waals surface area (Å²) in [7, 11) is 0. The molecular formula is C12H23N3O2. The van der Waals surface area contributed by atoms with E-state index in [9.17, 15) is 0 Å². The number of aryl methyl sites for hydroxylation is 2. The molecule has 5 heteroatoms. The molecule has 1 unspecified atom stereocenters. The normalized spacial score (nSPS) is 13.4. The van der Waals surface area contributed by atoms with Crippen LogP contribution in [0.5, 0.6) is 0 Å². The zero-order valence-corrected chi connectivity index (χ0v) is 11.1. The Bertz CT molecular complexity index is 359. The van der Waals surface area contributed by atoms with Crippen molar-refractivity contribution in [3.8, 4) is 0 Å². The van der Waals surface area contributed by atoms with Crippen molar-refractivity contribution >= 4 is 0 Å². The van der Waals surface area contributed by atoms with Crippen molar-refractivity contribution in [2.75, 3.05) is 13.2 Å². The molecule has 0 aromatic carbocycles. The van der Waals surface area contributed by atoms with Crippen LogP contribution in [-0.4, -0.2) is 39.2 Å². The fraction of sp³-hybridized carbons (Fsp3) is 0.750. The Balaban J connectivity index is 2.88. The van der Waals surface area contributed by atoms with Crippen molar-refractivity contribution < 1.29 is 10.2 Å². The molecule has 0 saturated heterocycles. The summed E-state index contributed by atoms with van der Waals surface area (Å²) < 4.78 is 1.97. The third kappa shape index (κ3) is 3.06. The Kier molecular flexibility index (Phi) is 5.11. The molecule has 0 fully saturated rings. The number of nitrogens with one attached hydrogen (secondary N) is 1. The topological polar surface area (TPSA) is 70.3 Å². The van der Waals surface area contributed by atoms with E-state index < -0.39 is 0 Å². The quantitative estimate of drug-likeness (QED) is 0.679. The van der Waals surface area contributed by atoms with Gasteiger partial charge in [0.05, 0.1) is 24.9 Å². The Hall–Kier alpha value is -0.910. The first-order valence-electron chi connectivity index (χ1n) is 6.06. The summed E-state index contributed by atoms with van der Waals surface area (Å²) in [6, 6.07) is -0.214. The maximum Gasteiger partial charge on any atom is 0.0644 e. The molecule has 1 aromatic rings. The molecule has 0 spiro atoms. The molecule has 0 radical (unpaired) electrons. The lowest BCUT2D eigenvalue weighted by Gasteiger charge is -2.20. The third-order valence-electron chi connectivity index (χ3n) is 3.10. The van der Waals surface area contributed by atoms with Gasteiger partial charge in [-0.25, -0.2) is 0 Å². The SMILES string of the molecule is CCn1nc(C)c(C(C)NC(CO)CO)c1C. The highest BCUT2D eigenvalue weighted by Crippen LogP contribution is 2.21. The maximum absolute atomic E-state index is 9.07. The largest absolute Gasteiger partial charge is 0.395 e. The predicted octanol–water partition coefficient (Wildman–Crippen LogP) is 0.524. The Labute approximate surface area is 102 Å². The third-order valence-corrected chi connectivity index (χ3v) is 3.10. The number of rotatable bonds is 6. The molecule has 1 rings (SSSR count). The van der Waals surface area contributed by atoms with Crippen LogP contribution in [0, 0.1) is 13.8 Å². The summed E-state index contributed by atoms with van der Waals surface area (Å²) in [6.07, 6.45) is 0. The average molecular weight is 241 g/mol. The molecular weight excluding hydrogens is 218 g/mol. The summed E-state index contributed by atoms with van der Waals surface area (Å²) in [4.78, 5) is 0. The van der Waals surface area contributed by atoms with Crippen LogP contribution in [0.1, 0.15) is 36.8 Å². The first kappa shape index (κ1) is 14.2. The van der Waals surface area contributed by atoms with Gasteiger partial charge in [0.1, 0.15) is 0 Å². The Morgan fingerprint density at radius 3 is 2.29 bits per heavy atom. The molecule has 1 aromatic heterocycles. The average Bonchev–Trinajstić information content (AvgIpc) is 2.60. The van der Waals surface area contributed by atoms with Crippen LogP contribution in [-0.2, 0) is 6.54 Å².